The second-order valence-electron chi connectivity index (χ2n) is 5.55. The molecule has 1 aromatic heterocycles. The standard InChI is InChI=1S/C17H22N4O3/c1-13(22)18-7-8-19-16(17(23)24)9-15-11-21(12-20-15)10-14-5-3-2-4-6-14/h2-6,11-12,16,19H,7-10H2,1H3,(H,18,22)(H,23,24). The molecule has 0 radical (unpaired) electrons. The highest BCUT2D eigenvalue weighted by Crippen LogP contribution is 2.06. The van der Waals surface area contributed by atoms with Crippen molar-refractivity contribution in [3.63, 3.8) is 0 Å². The van der Waals surface area contributed by atoms with Crippen LogP contribution in [0.25, 0.3) is 0 Å². The van der Waals surface area contributed by atoms with Gasteiger partial charge in [0.2, 0.25) is 5.91 Å². The Morgan fingerprint density at radius 3 is 2.67 bits per heavy atom. The molecule has 128 valence electrons. The molecule has 24 heavy (non-hydrogen) atoms. The number of amides is 1. The third-order valence-corrected chi connectivity index (χ3v) is 3.50. The lowest BCUT2D eigenvalue weighted by Gasteiger charge is -2.13. The molecule has 3 N–H and O–H groups in total. The van der Waals surface area contributed by atoms with Crippen LogP contribution in [0.1, 0.15) is 18.2 Å². The summed E-state index contributed by atoms with van der Waals surface area (Å²) in [5.74, 6) is -1.07. The Bertz CT molecular complexity index is 669. The number of imidazole rings is 1. The van der Waals surface area contributed by atoms with E-state index >= 15 is 0 Å². The van der Waals surface area contributed by atoms with Crippen molar-refractivity contribution in [1.82, 2.24) is 20.2 Å². The number of nitrogens with one attached hydrogen (secondary N) is 2. The van der Waals surface area contributed by atoms with Crippen LogP contribution in [-0.2, 0) is 22.6 Å². The smallest absolute Gasteiger partial charge is 0.321 e. The largest absolute Gasteiger partial charge is 0.480 e. The molecule has 2 rings (SSSR count). The molecule has 0 saturated carbocycles. The summed E-state index contributed by atoms with van der Waals surface area (Å²) in [5.41, 5.74) is 1.87. The van der Waals surface area contributed by atoms with E-state index in [1.54, 1.807) is 6.33 Å². The van der Waals surface area contributed by atoms with Crippen molar-refractivity contribution < 1.29 is 14.7 Å². The maximum absolute atomic E-state index is 11.3. The van der Waals surface area contributed by atoms with Crippen LogP contribution in [0.4, 0.5) is 0 Å². The third-order valence-electron chi connectivity index (χ3n) is 3.50. The number of hydrogen-bond acceptors (Lipinski definition) is 4. The molecule has 7 nitrogen and oxygen atoms in total. The SMILES string of the molecule is CC(=O)NCCNC(Cc1cn(Cc2ccccc2)cn1)C(=O)O. The summed E-state index contributed by atoms with van der Waals surface area (Å²) < 4.78 is 1.93. The van der Waals surface area contributed by atoms with Gasteiger partial charge in [-0.3, -0.25) is 9.59 Å². The van der Waals surface area contributed by atoms with Gasteiger partial charge in [-0.1, -0.05) is 30.3 Å². The van der Waals surface area contributed by atoms with Crippen molar-refractivity contribution in [1.29, 1.82) is 0 Å². The van der Waals surface area contributed by atoms with Gasteiger partial charge in [-0.05, 0) is 5.56 Å². The highest BCUT2D eigenvalue weighted by atomic mass is 16.4. The van der Waals surface area contributed by atoms with E-state index in [4.69, 9.17) is 0 Å². The van der Waals surface area contributed by atoms with Crippen molar-refractivity contribution in [3.05, 3.63) is 54.1 Å². The van der Waals surface area contributed by atoms with Gasteiger partial charge in [-0.15, -0.1) is 0 Å². The quantitative estimate of drug-likeness (QED) is 0.587. The first kappa shape index (κ1) is 17.7. The maximum Gasteiger partial charge on any atom is 0.321 e. The first-order valence-corrected chi connectivity index (χ1v) is 7.80. The van der Waals surface area contributed by atoms with Crippen LogP contribution >= 0.6 is 0 Å². The molecule has 0 aliphatic rings. The first-order valence-electron chi connectivity index (χ1n) is 7.80. The Morgan fingerprint density at radius 2 is 2.00 bits per heavy atom. The zero-order chi connectivity index (χ0) is 17.4. The fourth-order valence-corrected chi connectivity index (χ4v) is 2.33. The molecule has 1 atom stereocenters. The van der Waals surface area contributed by atoms with Crippen LogP contribution in [0.15, 0.2) is 42.9 Å². The fourth-order valence-electron chi connectivity index (χ4n) is 2.33. The van der Waals surface area contributed by atoms with E-state index in [2.05, 4.69) is 15.6 Å². The minimum atomic E-state index is -0.935. The van der Waals surface area contributed by atoms with Crippen LogP contribution < -0.4 is 10.6 Å². The number of nitrogens with zero attached hydrogens (tertiary/aromatic N) is 2. The Hall–Kier alpha value is -2.67. The van der Waals surface area contributed by atoms with E-state index in [1.165, 1.54) is 6.92 Å². The molecule has 2 aromatic rings. The molecule has 0 fully saturated rings. The average Bonchev–Trinajstić information content (AvgIpc) is 2.98. The van der Waals surface area contributed by atoms with Crippen molar-refractivity contribution in [3.8, 4) is 0 Å². The molecule has 1 aromatic carbocycles. The summed E-state index contributed by atoms with van der Waals surface area (Å²) in [6.45, 7) is 2.90. The molecule has 0 spiro atoms. The zero-order valence-corrected chi connectivity index (χ0v) is 13.6. The zero-order valence-electron chi connectivity index (χ0n) is 13.6. The molecule has 1 unspecified atom stereocenters. The van der Waals surface area contributed by atoms with Gasteiger partial charge < -0.3 is 20.3 Å². The van der Waals surface area contributed by atoms with Gasteiger partial charge in [-0.25, -0.2) is 4.98 Å². The monoisotopic (exact) mass is 330 g/mol. The van der Waals surface area contributed by atoms with Gasteiger partial charge in [-0.2, -0.15) is 0 Å². The van der Waals surface area contributed by atoms with E-state index < -0.39 is 12.0 Å². The van der Waals surface area contributed by atoms with E-state index in [0.29, 0.717) is 25.3 Å². The predicted molar refractivity (Wildman–Crippen MR) is 89.6 cm³/mol. The highest BCUT2D eigenvalue weighted by Gasteiger charge is 2.18. The third kappa shape index (κ3) is 5.85. The number of carbonyl (C=O) groups is 2. The van der Waals surface area contributed by atoms with Gasteiger partial charge in [0.1, 0.15) is 6.04 Å². The van der Waals surface area contributed by atoms with Crippen LogP contribution in [0.2, 0.25) is 0 Å². The summed E-state index contributed by atoms with van der Waals surface area (Å²) in [6.07, 6.45) is 3.86. The fraction of sp³-hybridized carbons (Fsp3) is 0.353. The lowest BCUT2D eigenvalue weighted by molar-refractivity contribution is -0.139. The Labute approximate surface area is 140 Å². The second kappa shape index (κ2) is 8.83. The number of carboxylic acids is 1. The average molecular weight is 330 g/mol. The van der Waals surface area contributed by atoms with Gasteiger partial charge in [0.05, 0.1) is 12.0 Å². The van der Waals surface area contributed by atoms with Crippen molar-refractivity contribution >= 4 is 11.9 Å². The molecular formula is C17H22N4O3. The number of carbonyl (C=O) groups excluding carboxylic acids is 1. The number of carboxylic acid groups (broad SMARTS) is 1. The molecule has 7 heteroatoms. The van der Waals surface area contributed by atoms with Crippen molar-refractivity contribution in [2.45, 2.75) is 25.9 Å². The normalized spacial score (nSPS) is 11.9. The van der Waals surface area contributed by atoms with E-state index in [1.807, 2.05) is 41.1 Å². The molecule has 0 aliphatic carbocycles. The lowest BCUT2D eigenvalue weighted by atomic mass is 10.1. The highest BCUT2D eigenvalue weighted by molar-refractivity contribution is 5.74. The molecule has 0 aliphatic heterocycles. The van der Waals surface area contributed by atoms with Gasteiger partial charge in [0.25, 0.3) is 0 Å². The van der Waals surface area contributed by atoms with E-state index in [0.717, 1.165) is 5.56 Å². The predicted octanol–water partition coefficient (Wildman–Crippen LogP) is 0.653. The Kier molecular flexibility index (Phi) is 6.51. The van der Waals surface area contributed by atoms with Crippen LogP contribution in [0.5, 0.6) is 0 Å². The Morgan fingerprint density at radius 1 is 1.25 bits per heavy atom. The summed E-state index contributed by atoms with van der Waals surface area (Å²) >= 11 is 0. The number of hydrogen-bond donors (Lipinski definition) is 3. The van der Waals surface area contributed by atoms with E-state index in [-0.39, 0.29) is 12.3 Å². The molecule has 0 bridgehead atoms. The number of rotatable bonds is 9. The summed E-state index contributed by atoms with van der Waals surface area (Å²) in [4.78, 5) is 26.4. The molecule has 1 amide bonds. The number of aromatic nitrogens is 2. The van der Waals surface area contributed by atoms with Crippen LogP contribution in [0.3, 0.4) is 0 Å². The molecule has 1 heterocycles. The number of benzene rings is 1. The summed E-state index contributed by atoms with van der Waals surface area (Å²) in [7, 11) is 0. The minimum absolute atomic E-state index is 0.136. The van der Waals surface area contributed by atoms with Crippen LogP contribution in [-0.4, -0.2) is 45.7 Å². The van der Waals surface area contributed by atoms with Crippen molar-refractivity contribution in [2.75, 3.05) is 13.1 Å². The molecular weight excluding hydrogens is 308 g/mol. The second-order valence-corrected chi connectivity index (χ2v) is 5.55. The maximum atomic E-state index is 11.3. The van der Waals surface area contributed by atoms with E-state index in [9.17, 15) is 14.7 Å². The lowest BCUT2D eigenvalue weighted by Crippen LogP contribution is -2.42. The van der Waals surface area contributed by atoms with Gasteiger partial charge in [0, 0.05) is 39.2 Å². The summed E-state index contributed by atoms with van der Waals surface area (Å²) in [6, 6.07) is 9.25. The topological polar surface area (TPSA) is 96.3 Å². The first-order chi connectivity index (χ1) is 11.5. The minimum Gasteiger partial charge on any atom is -0.480 e. The number of aliphatic carboxylic acids is 1. The van der Waals surface area contributed by atoms with Gasteiger partial charge >= 0.3 is 5.97 Å². The molecule has 0 saturated heterocycles. The summed E-state index contributed by atoms with van der Waals surface area (Å²) in [5, 5.41) is 14.8. The van der Waals surface area contributed by atoms with Crippen molar-refractivity contribution in [2.24, 2.45) is 0 Å². The Balaban J connectivity index is 1.88. The van der Waals surface area contributed by atoms with Crippen LogP contribution in [0, 0.1) is 0 Å². The van der Waals surface area contributed by atoms with Gasteiger partial charge in [0.15, 0.2) is 0 Å².